The van der Waals surface area contributed by atoms with E-state index < -0.39 is 0 Å². The molecule has 0 bridgehead atoms. The van der Waals surface area contributed by atoms with Crippen LogP contribution in [0.25, 0.3) is 16.7 Å². The Morgan fingerprint density at radius 1 is 0.712 bits per heavy atom. The summed E-state index contributed by atoms with van der Waals surface area (Å²) in [6, 6.07) is 51.1. The Labute approximate surface area is 311 Å². The predicted molar refractivity (Wildman–Crippen MR) is 221 cm³/mol. The summed E-state index contributed by atoms with van der Waals surface area (Å²) < 4.78 is 2.20. The Balaban J connectivity index is 1.46. The van der Waals surface area contributed by atoms with Gasteiger partial charge in [-0.3, -0.25) is 0 Å². The van der Waals surface area contributed by atoms with Crippen molar-refractivity contribution >= 4 is 50.4 Å². The number of anilines is 4. The molecule has 0 N–H and O–H groups in total. The van der Waals surface area contributed by atoms with Crippen molar-refractivity contribution in [2.45, 2.75) is 13.8 Å². The lowest BCUT2D eigenvalue weighted by molar-refractivity contribution is -0.403. The third kappa shape index (κ3) is 6.77. The van der Waals surface area contributed by atoms with Gasteiger partial charge in [-0.15, -0.1) is 11.3 Å². The molecule has 1 aliphatic rings. The van der Waals surface area contributed by atoms with Crippen molar-refractivity contribution in [3.63, 3.8) is 0 Å². The van der Waals surface area contributed by atoms with Crippen molar-refractivity contribution in [2.75, 3.05) is 30.4 Å². The standard InChI is InChI=1S/C47H41N4S/c1-5-51(43-24-16-15-17-34(43)2)47-42(33-48)45(35-18-9-6-10-19-35)46(52-47)44(36-25-29-40(30-26-36)49(3)38-20-11-7-12-21-38)37-27-31-41(32-28-37)50(4)39-22-13-8-14-23-39/h6-32H,5H2,1-4H3/q+1. The van der Waals surface area contributed by atoms with E-state index in [9.17, 15) is 5.26 Å². The lowest BCUT2D eigenvalue weighted by atomic mass is 9.90. The van der Waals surface area contributed by atoms with E-state index in [1.165, 1.54) is 5.56 Å². The SMILES string of the molecule is CCN(c1ccccc1C)c1sc(C(=C2C=CC(=[N+](C)c3ccccc3)C=C2)c2ccc(N(C)c3ccccc3)cc2)c(-c2ccccc2)c1C#N. The topological polar surface area (TPSA) is 33.3 Å². The second-order valence-electron chi connectivity index (χ2n) is 12.8. The van der Waals surface area contributed by atoms with Gasteiger partial charge in [-0.05, 0) is 78.6 Å². The van der Waals surface area contributed by atoms with Gasteiger partial charge >= 0.3 is 0 Å². The van der Waals surface area contributed by atoms with E-state index >= 15 is 0 Å². The molecule has 0 aliphatic heterocycles. The van der Waals surface area contributed by atoms with Crippen LogP contribution < -0.4 is 9.80 Å². The summed E-state index contributed by atoms with van der Waals surface area (Å²) in [5, 5.41) is 11.9. The van der Waals surface area contributed by atoms with Crippen LogP contribution in [0.3, 0.4) is 0 Å². The highest BCUT2D eigenvalue weighted by molar-refractivity contribution is 7.18. The second kappa shape index (κ2) is 15.3. The average Bonchev–Trinajstić information content (AvgIpc) is 3.58. The molecule has 52 heavy (non-hydrogen) atoms. The predicted octanol–water partition coefficient (Wildman–Crippen LogP) is 11.9. The fraction of sp³-hybridized carbons (Fsp3) is 0.106. The molecule has 7 rings (SSSR count). The maximum atomic E-state index is 11.0. The lowest BCUT2D eigenvalue weighted by Gasteiger charge is -2.24. The minimum absolute atomic E-state index is 0.690. The van der Waals surface area contributed by atoms with Crippen molar-refractivity contribution in [3.05, 3.63) is 191 Å². The molecule has 5 aromatic carbocycles. The van der Waals surface area contributed by atoms with Gasteiger partial charge in [0.1, 0.15) is 18.1 Å². The Morgan fingerprint density at radius 2 is 1.29 bits per heavy atom. The van der Waals surface area contributed by atoms with Gasteiger partial charge in [-0.2, -0.15) is 9.84 Å². The number of allylic oxidation sites excluding steroid dienone is 5. The van der Waals surface area contributed by atoms with Gasteiger partial charge in [-0.1, -0.05) is 97.1 Å². The zero-order valence-electron chi connectivity index (χ0n) is 30.0. The Hall–Kier alpha value is -6.22. The highest BCUT2D eigenvalue weighted by Gasteiger charge is 2.28. The van der Waals surface area contributed by atoms with Gasteiger partial charge in [0.25, 0.3) is 0 Å². The van der Waals surface area contributed by atoms with E-state index in [1.54, 1.807) is 11.3 Å². The first-order chi connectivity index (χ1) is 25.5. The van der Waals surface area contributed by atoms with E-state index in [0.717, 1.165) is 72.7 Å². The van der Waals surface area contributed by atoms with Crippen molar-refractivity contribution in [2.24, 2.45) is 0 Å². The van der Waals surface area contributed by atoms with Crippen molar-refractivity contribution in [1.82, 2.24) is 0 Å². The summed E-state index contributed by atoms with van der Waals surface area (Å²) in [7, 11) is 4.19. The molecule has 0 radical (unpaired) electrons. The molecule has 0 unspecified atom stereocenters. The number of nitrogens with zero attached hydrogens (tertiary/aromatic N) is 4. The van der Waals surface area contributed by atoms with Gasteiger partial charge in [0, 0.05) is 71.0 Å². The molecule has 0 spiro atoms. The molecule has 0 amide bonds. The van der Waals surface area contributed by atoms with Crippen LogP contribution in [-0.2, 0) is 0 Å². The minimum Gasteiger partial charge on any atom is -0.345 e. The van der Waals surface area contributed by atoms with Crippen LogP contribution in [0.5, 0.6) is 0 Å². The molecule has 1 aromatic heterocycles. The van der Waals surface area contributed by atoms with Crippen LogP contribution in [-0.4, -0.2) is 30.9 Å². The molecule has 0 saturated heterocycles. The van der Waals surface area contributed by atoms with Crippen LogP contribution in [0.2, 0.25) is 0 Å². The van der Waals surface area contributed by atoms with Crippen LogP contribution >= 0.6 is 11.3 Å². The van der Waals surface area contributed by atoms with E-state index in [0.29, 0.717) is 5.56 Å². The maximum absolute atomic E-state index is 11.0. The highest BCUT2D eigenvalue weighted by Crippen LogP contribution is 2.49. The van der Waals surface area contributed by atoms with Crippen molar-refractivity contribution in [1.29, 1.82) is 5.26 Å². The number of thiophene rings is 1. The Kier molecular flexibility index (Phi) is 10.1. The first-order valence-electron chi connectivity index (χ1n) is 17.6. The number of aryl methyl sites for hydroxylation is 1. The molecule has 4 nitrogen and oxygen atoms in total. The monoisotopic (exact) mass is 693 g/mol. The smallest absolute Gasteiger partial charge is 0.205 e. The molecule has 0 saturated carbocycles. The molecule has 1 aliphatic carbocycles. The lowest BCUT2D eigenvalue weighted by Crippen LogP contribution is -2.16. The van der Waals surface area contributed by atoms with E-state index in [2.05, 4.69) is 194 Å². The summed E-state index contributed by atoms with van der Waals surface area (Å²) in [5.74, 6) is 0. The number of hydrogen-bond donors (Lipinski definition) is 0. The van der Waals surface area contributed by atoms with E-state index in [-0.39, 0.29) is 0 Å². The Morgan fingerprint density at radius 3 is 1.90 bits per heavy atom. The van der Waals surface area contributed by atoms with Gasteiger partial charge in [0.15, 0.2) is 0 Å². The number of benzene rings is 5. The third-order valence-electron chi connectivity index (χ3n) is 9.63. The summed E-state index contributed by atoms with van der Waals surface area (Å²) in [6.45, 7) is 5.02. The van der Waals surface area contributed by atoms with Gasteiger partial charge < -0.3 is 9.80 Å². The molecule has 5 heteroatoms. The van der Waals surface area contributed by atoms with E-state index in [4.69, 9.17) is 0 Å². The minimum atomic E-state index is 0.690. The van der Waals surface area contributed by atoms with Crippen LogP contribution in [0.15, 0.2) is 169 Å². The zero-order valence-corrected chi connectivity index (χ0v) is 30.8. The Bertz CT molecular complexity index is 2340. The summed E-state index contributed by atoms with van der Waals surface area (Å²) in [5.41, 5.74) is 12.7. The molecule has 0 fully saturated rings. The molecule has 6 aromatic rings. The third-order valence-corrected chi connectivity index (χ3v) is 10.9. The largest absolute Gasteiger partial charge is 0.345 e. The first kappa shape index (κ1) is 34.2. The molecular formula is C47H41N4S+. The maximum Gasteiger partial charge on any atom is 0.205 e. The second-order valence-corrected chi connectivity index (χ2v) is 13.8. The quantitative estimate of drug-likeness (QED) is 0.141. The molecular weight excluding hydrogens is 653 g/mol. The average molecular weight is 694 g/mol. The van der Waals surface area contributed by atoms with Gasteiger partial charge in [0.05, 0.1) is 5.56 Å². The summed E-state index contributed by atoms with van der Waals surface area (Å²) in [4.78, 5) is 5.56. The van der Waals surface area contributed by atoms with Crippen LogP contribution in [0.4, 0.5) is 27.8 Å². The van der Waals surface area contributed by atoms with E-state index in [1.807, 2.05) is 18.2 Å². The molecule has 254 valence electrons. The van der Waals surface area contributed by atoms with Crippen LogP contribution in [0, 0.1) is 18.3 Å². The normalized spacial score (nSPS) is 12.1. The fourth-order valence-corrected chi connectivity index (χ4v) is 8.23. The molecule has 1 heterocycles. The number of para-hydroxylation sites is 3. The highest BCUT2D eigenvalue weighted by atomic mass is 32.1. The number of nitriles is 1. The summed E-state index contributed by atoms with van der Waals surface area (Å²) in [6.07, 6.45) is 8.81. The fourth-order valence-electron chi connectivity index (χ4n) is 6.79. The zero-order chi connectivity index (χ0) is 36.0. The summed E-state index contributed by atoms with van der Waals surface area (Å²) >= 11 is 1.70. The molecule has 0 atom stereocenters. The number of rotatable bonds is 9. The number of hydrogen-bond acceptors (Lipinski definition) is 4. The first-order valence-corrected chi connectivity index (χ1v) is 18.4. The van der Waals surface area contributed by atoms with Crippen LogP contribution in [0.1, 0.15) is 28.5 Å². The van der Waals surface area contributed by atoms with Gasteiger partial charge in [-0.25, -0.2) is 0 Å². The van der Waals surface area contributed by atoms with Crippen molar-refractivity contribution in [3.8, 4) is 17.2 Å². The van der Waals surface area contributed by atoms with Crippen molar-refractivity contribution < 1.29 is 4.58 Å². The van der Waals surface area contributed by atoms with Gasteiger partial charge in [0.2, 0.25) is 11.4 Å².